The average Bonchev–Trinajstić information content (AvgIpc) is 2.44. The zero-order chi connectivity index (χ0) is 15.7. The molecular weight excluding hydrogens is 337 g/mol. The second kappa shape index (κ2) is 13.4. The van der Waals surface area contributed by atoms with Gasteiger partial charge in [-0.3, -0.25) is 4.79 Å². The van der Waals surface area contributed by atoms with Crippen LogP contribution in [0.15, 0.2) is 24.3 Å². The number of rotatable bonds is 9. The summed E-state index contributed by atoms with van der Waals surface area (Å²) in [6, 6.07) is 7.28. The third-order valence-corrected chi connectivity index (χ3v) is 3.22. The Labute approximate surface area is 151 Å². The van der Waals surface area contributed by atoms with Gasteiger partial charge in [0, 0.05) is 24.7 Å². The maximum Gasteiger partial charge on any atom is 0.225 e. The standard InChI is InChI=1S/C16H27N3O2.2ClH/c1-4-19(5-2)10-11-21-15-8-6-14(7-9-15)18-16(20)12-13(3)17;;/h6-9,13H,4-5,10-12,17H2,1-3H3,(H,18,20);2*1H. The predicted octanol–water partition coefficient (Wildman–Crippen LogP) is 2.93. The minimum atomic E-state index is -0.132. The molecular formula is C16H29Cl2N3O2. The summed E-state index contributed by atoms with van der Waals surface area (Å²) in [5.41, 5.74) is 6.35. The van der Waals surface area contributed by atoms with Gasteiger partial charge in [0.2, 0.25) is 5.91 Å². The van der Waals surface area contributed by atoms with Crippen molar-refractivity contribution in [1.29, 1.82) is 0 Å². The second-order valence-electron chi connectivity index (χ2n) is 5.13. The van der Waals surface area contributed by atoms with Crippen LogP contribution < -0.4 is 15.8 Å². The van der Waals surface area contributed by atoms with E-state index in [2.05, 4.69) is 24.1 Å². The number of halogens is 2. The molecule has 3 N–H and O–H groups in total. The van der Waals surface area contributed by atoms with Crippen molar-refractivity contribution in [2.75, 3.05) is 31.6 Å². The van der Waals surface area contributed by atoms with Crippen molar-refractivity contribution in [2.45, 2.75) is 33.2 Å². The number of benzene rings is 1. The second-order valence-corrected chi connectivity index (χ2v) is 5.13. The van der Waals surface area contributed by atoms with E-state index >= 15 is 0 Å². The summed E-state index contributed by atoms with van der Waals surface area (Å²) < 4.78 is 5.69. The molecule has 23 heavy (non-hydrogen) atoms. The van der Waals surface area contributed by atoms with Crippen molar-refractivity contribution in [3.05, 3.63) is 24.3 Å². The molecule has 1 amide bonds. The molecule has 0 aliphatic rings. The fraction of sp³-hybridized carbons (Fsp3) is 0.562. The molecule has 1 rings (SSSR count). The maximum atomic E-state index is 11.6. The molecule has 0 aliphatic heterocycles. The molecule has 0 heterocycles. The number of nitrogens with one attached hydrogen (secondary N) is 1. The Morgan fingerprint density at radius 1 is 1.22 bits per heavy atom. The number of amides is 1. The van der Waals surface area contributed by atoms with E-state index in [-0.39, 0.29) is 36.8 Å². The van der Waals surface area contributed by atoms with Gasteiger partial charge >= 0.3 is 0 Å². The highest BCUT2D eigenvalue weighted by Gasteiger charge is 2.05. The smallest absolute Gasteiger partial charge is 0.225 e. The monoisotopic (exact) mass is 365 g/mol. The lowest BCUT2D eigenvalue weighted by atomic mass is 10.2. The van der Waals surface area contributed by atoms with Crippen LogP contribution in [0.4, 0.5) is 5.69 Å². The van der Waals surface area contributed by atoms with Crippen molar-refractivity contribution in [3.63, 3.8) is 0 Å². The molecule has 134 valence electrons. The predicted molar refractivity (Wildman–Crippen MR) is 101 cm³/mol. The van der Waals surface area contributed by atoms with Gasteiger partial charge in [-0.15, -0.1) is 24.8 Å². The van der Waals surface area contributed by atoms with Gasteiger partial charge in [-0.05, 0) is 44.3 Å². The zero-order valence-electron chi connectivity index (χ0n) is 14.1. The van der Waals surface area contributed by atoms with E-state index < -0.39 is 0 Å². The Kier molecular flexibility index (Phi) is 14.2. The summed E-state index contributed by atoms with van der Waals surface area (Å²) in [7, 11) is 0. The van der Waals surface area contributed by atoms with Crippen LogP contribution in [-0.4, -0.2) is 43.1 Å². The SMILES string of the molecule is CCN(CC)CCOc1ccc(NC(=O)CC(C)N)cc1.Cl.Cl. The minimum Gasteiger partial charge on any atom is -0.492 e. The number of hydrogen-bond acceptors (Lipinski definition) is 4. The van der Waals surface area contributed by atoms with Gasteiger partial charge < -0.3 is 20.7 Å². The van der Waals surface area contributed by atoms with Gasteiger partial charge in [0.1, 0.15) is 12.4 Å². The molecule has 1 aromatic rings. The Morgan fingerprint density at radius 3 is 2.26 bits per heavy atom. The highest BCUT2D eigenvalue weighted by Crippen LogP contribution is 2.16. The van der Waals surface area contributed by atoms with Crippen LogP contribution in [0.1, 0.15) is 27.2 Å². The molecule has 1 unspecified atom stereocenters. The van der Waals surface area contributed by atoms with E-state index in [1.165, 1.54) is 0 Å². The first-order valence-electron chi connectivity index (χ1n) is 7.55. The summed E-state index contributed by atoms with van der Waals surface area (Å²) in [6.45, 7) is 9.74. The van der Waals surface area contributed by atoms with Gasteiger partial charge in [0.05, 0.1) is 0 Å². The average molecular weight is 366 g/mol. The van der Waals surface area contributed by atoms with Crippen LogP contribution in [0.2, 0.25) is 0 Å². The first-order chi connectivity index (χ1) is 10.0. The third-order valence-electron chi connectivity index (χ3n) is 3.22. The van der Waals surface area contributed by atoms with Gasteiger partial charge in [0.25, 0.3) is 0 Å². The molecule has 1 atom stereocenters. The molecule has 0 aromatic heterocycles. The van der Waals surface area contributed by atoms with Crippen molar-refractivity contribution < 1.29 is 9.53 Å². The number of anilines is 1. The summed E-state index contributed by atoms with van der Waals surface area (Å²) in [4.78, 5) is 13.9. The van der Waals surface area contributed by atoms with E-state index in [0.717, 1.165) is 31.1 Å². The van der Waals surface area contributed by atoms with E-state index in [1.54, 1.807) is 0 Å². The van der Waals surface area contributed by atoms with Crippen LogP contribution in [0, 0.1) is 0 Å². The molecule has 0 spiro atoms. The highest BCUT2D eigenvalue weighted by molar-refractivity contribution is 5.91. The van der Waals surface area contributed by atoms with E-state index in [9.17, 15) is 4.79 Å². The molecule has 0 saturated carbocycles. The first-order valence-corrected chi connectivity index (χ1v) is 7.55. The van der Waals surface area contributed by atoms with Crippen LogP contribution in [0.5, 0.6) is 5.75 Å². The quantitative estimate of drug-likeness (QED) is 0.705. The topological polar surface area (TPSA) is 67.6 Å². The zero-order valence-corrected chi connectivity index (χ0v) is 15.7. The Bertz CT molecular complexity index is 424. The third kappa shape index (κ3) is 10.4. The van der Waals surface area contributed by atoms with Crippen molar-refractivity contribution in [2.24, 2.45) is 5.73 Å². The van der Waals surface area contributed by atoms with Gasteiger partial charge in [0.15, 0.2) is 0 Å². The molecule has 0 aliphatic carbocycles. The van der Waals surface area contributed by atoms with Crippen molar-refractivity contribution in [1.82, 2.24) is 4.90 Å². The Morgan fingerprint density at radius 2 is 1.78 bits per heavy atom. The number of nitrogens with zero attached hydrogens (tertiary/aromatic N) is 1. The number of carbonyl (C=O) groups excluding carboxylic acids is 1. The largest absolute Gasteiger partial charge is 0.492 e. The lowest BCUT2D eigenvalue weighted by Crippen LogP contribution is -2.27. The molecule has 7 heteroatoms. The summed E-state index contributed by atoms with van der Waals surface area (Å²) in [6.07, 6.45) is 0.322. The molecule has 0 fully saturated rings. The van der Waals surface area contributed by atoms with E-state index in [1.807, 2.05) is 31.2 Å². The number of hydrogen-bond donors (Lipinski definition) is 2. The van der Waals surface area contributed by atoms with Gasteiger partial charge in [-0.1, -0.05) is 13.8 Å². The molecule has 0 saturated heterocycles. The van der Waals surface area contributed by atoms with E-state index in [4.69, 9.17) is 10.5 Å². The van der Waals surface area contributed by atoms with Gasteiger partial charge in [-0.25, -0.2) is 0 Å². The fourth-order valence-electron chi connectivity index (χ4n) is 1.97. The fourth-order valence-corrected chi connectivity index (χ4v) is 1.97. The number of likely N-dealkylation sites (N-methyl/N-ethyl adjacent to an activating group) is 1. The number of carbonyl (C=O) groups is 1. The minimum absolute atomic E-state index is 0. The molecule has 1 aromatic carbocycles. The lowest BCUT2D eigenvalue weighted by Gasteiger charge is -2.18. The van der Waals surface area contributed by atoms with Crippen LogP contribution in [0.25, 0.3) is 0 Å². The normalized spacial score (nSPS) is 11.2. The van der Waals surface area contributed by atoms with Crippen molar-refractivity contribution >= 4 is 36.4 Å². The highest BCUT2D eigenvalue weighted by atomic mass is 35.5. The van der Waals surface area contributed by atoms with Crippen LogP contribution in [0.3, 0.4) is 0 Å². The summed E-state index contributed by atoms with van der Waals surface area (Å²) in [5.74, 6) is 0.743. The first kappa shape index (κ1) is 24.2. The van der Waals surface area contributed by atoms with Crippen molar-refractivity contribution in [3.8, 4) is 5.75 Å². The number of ether oxygens (including phenoxy) is 1. The Hall–Kier alpha value is -1.01. The summed E-state index contributed by atoms with van der Waals surface area (Å²) >= 11 is 0. The van der Waals surface area contributed by atoms with E-state index in [0.29, 0.717) is 13.0 Å². The lowest BCUT2D eigenvalue weighted by molar-refractivity contribution is -0.116. The number of nitrogens with two attached hydrogens (primary N) is 1. The molecule has 0 radical (unpaired) electrons. The van der Waals surface area contributed by atoms with Crippen LogP contribution >= 0.6 is 24.8 Å². The molecule has 0 bridgehead atoms. The molecule has 5 nitrogen and oxygen atoms in total. The summed E-state index contributed by atoms with van der Waals surface area (Å²) in [5, 5.41) is 2.81. The Balaban J connectivity index is 0. The van der Waals surface area contributed by atoms with Crippen LogP contribution in [-0.2, 0) is 4.79 Å². The van der Waals surface area contributed by atoms with Gasteiger partial charge in [-0.2, -0.15) is 0 Å². The maximum absolute atomic E-state index is 11.6.